The molecule has 1 aliphatic carbocycles. The van der Waals surface area contributed by atoms with Crippen LogP contribution in [0.4, 0.5) is 0 Å². The molecular formula is C18H25NO2. The van der Waals surface area contributed by atoms with Crippen molar-refractivity contribution in [3.05, 3.63) is 34.9 Å². The van der Waals surface area contributed by atoms with Gasteiger partial charge in [0.25, 0.3) is 0 Å². The largest absolute Gasteiger partial charge is 0.493 e. The summed E-state index contributed by atoms with van der Waals surface area (Å²) in [5.74, 6) is 1.62. The Bertz CT molecular complexity index is 532. The lowest BCUT2D eigenvalue weighted by atomic mass is 9.81. The van der Waals surface area contributed by atoms with Gasteiger partial charge in [0.05, 0.1) is 14.2 Å². The van der Waals surface area contributed by atoms with Crippen molar-refractivity contribution < 1.29 is 9.47 Å². The van der Waals surface area contributed by atoms with E-state index in [9.17, 15) is 0 Å². The Morgan fingerprint density at radius 1 is 1.05 bits per heavy atom. The summed E-state index contributed by atoms with van der Waals surface area (Å²) in [6.45, 7) is 1.12. The molecular weight excluding hydrogens is 262 g/mol. The molecule has 21 heavy (non-hydrogen) atoms. The van der Waals surface area contributed by atoms with Crippen LogP contribution >= 0.6 is 0 Å². The van der Waals surface area contributed by atoms with E-state index in [0.717, 1.165) is 24.5 Å². The minimum absolute atomic E-state index is 0.507. The quantitative estimate of drug-likeness (QED) is 0.860. The van der Waals surface area contributed by atoms with Crippen LogP contribution in [0.1, 0.15) is 37.7 Å². The SMILES string of the molecule is COc1ccc(C[C@@H]2NCCC3=C2CCCC3)cc1OC. The Morgan fingerprint density at radius 2 is 1.86 bits per heavy atom. The first-order valence-electron chi connectivity index (χ1n) is 7.97. The molecule has 3 rings (SSSR count). The van der Waals surface area contributed by atoms with Gasteiger partial charge < -0.3 is 14.8 Å². The summed E-state index contributed by atoms with van der Waals surface area (Å²) >= 11 is 0. The van der Waals surface area contributed by atoms with Crippen LogP contribution in [-0.4, -0.2) is 26.8 Å². The topological polar surface area (TPSA) is 30.5 Å². The van der Waals surface area contributed by atoms with E-state index < -0.39 is 0 Å². The Morgan fingerprint density at radius 3 is 2.67 bits per heavy atom. The zero-order valence-corrected chi connectivity index (χ0v) is 13.1. The normalized spacial score (nSPS) is 21.9. The van der Waals surface area contributed by atoms with E-state index in [4.69, 9.17) is 9.47 Å². The molecule has 114 valence electrons. The molecule has 0 unspecified atom stereocenters. The van der Waals surface area contributed by atoms with Crippen LogP contribution in [0, 0.1) is 0 Å². The second kappa shape index (κ2) is 6.52. The highest BCUT2D eigenvalue weighted by molar-refractivity contribution is 5.43. The number of nitrogens with one attached hydrogen (secondary N) is 1. The van der Waals surface area contributed by atoms with E-state index in [1.54, 1.807) is 25.4 Å². The summed E-state index contributed by atoms with van der Waals surface area (Å²) in [6, 6.07) is 6.78. The molecule has 1 aromatic rings. The van der Waals surface area contributed by atoms with Gasteiger partial charge >= 0.3 is 0 Å². The fourth-order valence-corrected chi connectivity index (χ4v) is 3.66. The third kappa shape index (κ3) is 3.08. The van der Waals surface area contributed by atoms with Crippen LogP contribution < -0.4 is 14.8 Å². The zero-order valence-electron chi connectivity index (χ0n) is 13.1. The van der Waals surface area contributed by atoms with Gasteiger partial charge in [0, 0.05) is 6.04 Å². The van der Waals surface area contributed by atoms with Crippen molar-refractivity contribution in [3.8, 4) is 11.5 Å². The molecule has 0 aromatic heterocycles. The van der Waals surface area contributed by atoms with E-state index in [1.165, 1.54) is 37.7 Å². The number of hydrogen-bond donors (Lipinski definition) is 1. The third-order valence-corrected chi connectivity index (χ3v) is 4.75. The van der Waals surface area contributed by atoms with E-state index in [2.05, 4.69) is 17.4 Å². The van der Waals surface area contributed by atoms with Crippen LogP contribution in [0.2, 0.25) is 0 Å². The summed E-state index contributed by atoms with van der Waals surface area (Å²) in [4.78, 5) is 0. The third-order valence-electron chi connectivity index (χ3n) is 4.75. The monoisotopic (exact) mass is 287 g/mol. The zero-order chi connectivity index (χ0) is 14.7. The van der Waals surface area contributed by atoms with Crippen LogP contribution in [0.15, 0.2) is 29.3 Å². The molecule has 0 saturated heterocycles. The van der Waals surface area contributed by atoms with Crippen molar-refractivity contribution in [3.63, 3.8) is 0 Å². The van der Waals surface area contributed by atoms with Gasteiger partial charge in [0.15, 0.2) is 11.5 Å². The molecule has 1 aromatic carbocycles. The molecule has 1 aliphatic heterocycles. The molecule has 0 fully saturated rings. The molecule has 1 N–H and O–H groups in total. The van der Waals surface area contributed by atoms with E-state index in [0.29, 0.717) is 6.04 Å². The van der Waals surface area contributed by atoms with Crippen molar-refractivity contribution in [2.75, 3.05) is 20.8 Å². The smallest absolute Gasteiger partial charge is 0.160 e. The van der Waals surface area contributed by atoms with Gasteiger partial charge in [-0.2, -0.15) is 0 Å². The highest BCUT2D eigenvalue weighted by Crippen LogP contribution is 2.34. The lowest BCUT2D eigenvalue weighted by Gasteiger charge is -2.33. The number of ether oxygens (including phenoxy) is 2. The number of methoxy groups -OCH3 is 2. The van der Waals surface area contributed by atoms with Crippen LogP contribution in [0.5, 0.6) is 11.5 Å². The van der Waals surface area contributed by atoms with Gasteiger partial charge in [-0.05, 0) is 62.8 Å². The predicted octanol–water partition coefficient (Wildman–Crippen LogP) is 3.48. The molecule has 0 saturated carbocycles. The summed E-state index contributed by atoms with van der Waals surface area (Å²) in [7, 11) is 3.38. The van der Waals surface area contributed by atoms with Gasteiger partial charge in [-0.15, -0.1) is 0 Å². The highest BCUT2D eigenvalue weighted by atomic mass is 16.5. The number of rotatable bonds is 4. The molecule has 2 aliphatic rings. The molecule has 3 nitrogen and oxygen atoms in total. The van der Waals surface area contributed by atoms with Gasteiger partial charge in [-0.3, -0.25) is 0 Å². The lowest BCUT2D eigenvalue weighted by molar-refractivity contribution is 0.354. The Labute approximate surface area is 127 Å². The first kappa shape index (κ1) is 14.5. The van der Waals surface area contributed by atoms with Crippen LogP contribution in [-0.2, 0) is 6.42 Å². The van der Waals surface area contributed by atoms with Crippen molar-refractivity contribution >= 4 is 0 Å². The lowest BCUT2D eigenvalue weighted by Crippen LogP contribution is -2.39. The second-order valence-electron chi connectivity index (χ2n) is 5.99. The summed E-state index contributed by atoms with van der Waals surface area (Å²) in [5.41, 5.74) is 4.72. The maximum absolute atomic E-state index is 5.42. The van der Waals surface area contributed by atoms with Crippen molar-refractivity contribution in [1.29, 1.82) is 0 Å². The molecule has 0 bridgehead atoms. The average Bonchev–Trinajstić information content (AvgIpc) is 2.55. The number of benzene rings is 1. The molecule has 0 radical (unpaired) electrons. The first-order chi connectivity index (χ1) is 10.3. The minimum atomic E-state index is 0.507. The minimum Gasteiger partial charge on any atom is -0.493 e. The maximum Gasteiger partial charge on any atom is 0.160 e. The van der Waals surface area contributed by atoms with Crippen LogP contribution in [0.25, 0.3) is 0 Å². The standard InChI is InChI=1S/C18H25NO2/c1-20-17-8-7-13(12-18(17)21-2)11-16-15-6-4-3-5-14(15)9-10-19-16/h7-8,12,16,19H,3-6,9-11H2,1-2H3/t16-/m0/s1. The Balaban J connectivity index is 1.79. The average molecular weight is 287 g/mol. The van der Waals surface area contributed by atoms with Crippen LogP contribution in [0.3, 0.4) is 0 Å². The molecule has 1 heterocycles. The summed E-state index contributed by atoms with van der Waals surface area (Å²) < 4.78 is 10.7. The fourth-order valence-electron chi connectivity index (χ4n) is 3.66. The van der Waals surface area contributed by atoms with E-state index in [1.807, 2.05) is 6.07 Å². The fraction of sp³-hybridized carbons (Fsp3) is 0.556. The van der Waals surface area contributed by atoms with Gasteiger partial charge in [-0.1, -0.05) is 17.2 Å². The van der Waals surface area contributed by atoms with E-state index in [-0.39, 0.29) is 0 Å². The summed E-state index contributed by atoms with van der Waals surface area (Å²) in [6.07, 6.45) is 7.61. The van der Waals surface area contributed by atoms with Gasteiger partial charge in [-0.25, -0.2) is 0 Å². The predicted molar refractivity (Wildman–Crippen MR) is 85.2 cm³/mol. The number of hydrogen-bond acceptors (Lipinski definition) is 3. The van der Waals surface area contributed by atoms with E-state index >= 15 is 0 Å². The Hall–Kier alpha value is -1.48. The first-order valence-corrected chi connectivity index (χ1v) is 7.97. The summed E-state index contributed by atoms with van der Waals surface area (Å²) in [5, 5.41) is 3.70. The van der Waals surface area contributed by atoms with Gasteiger partial charge in [0.2, 0.25) is 0 Å². The Kier molecular flexibility index (Phi) is 4.49. The van der Waals surface area contributed by atoms with Gasteiger partial charge in [0.1, 0.15) is 0 Å². The molecule has 3 heteroatoms. The van der Waals surface area contributed by atoms with Crippen molar-refractivity contribution in [2.24, 2.45) is 0 Å². The van der Waals surface area contributed by atoms with Crippen molar-refractivity contribution in [1.82, 2.24) is 5.32 Å². The molecule has 0 spiro atoms. The molecule has 0 amide bonds. The van der Waals surface area contributed by atoms with Crippen molar-refractivity contribution in [2.45, 2.75) is 44.6 Å². The molecule has 1 atom stereocenters. The maximum atomic E-state index is 5.42. The second-order valence-corrected chi connectivity index (χ2v) is 5.99. The highest BCUT2D eigenvalue weighted by Gasteiger charge is 2.24.